The maximum atomic E-state index is 12.7. The molecule has 5 nitrogen and oxygen atoms in total. The third kappa shape index (κ3) is 1.89. The van der Waals surface area contributed by atoms with Gasteiger partial charge in [0.15, 0.2) is 5.41 Å². The highest BCUT2D eigenvalue weighted by atomic mass is 16.6. The van der Waals surface area contributed by atoms with Crippen LogP contribution in [0.15, 0.2) is 12.2 Å². The van der Waals surface area contributed by atoms with Crippen molar-refractivity contribution in [1.29, 1.82) is 0 Å². The first-order chi connectivity index (χ1) is 10.7. The summed E-state index contributed by atoms with van der Waals surface area (Å²) >= 11 is 0. The minimum Gasteiger partial charge on any atom is -0.465 e. The summed E-state index contributed by atoms with van der Waals surface area (Å²) in [6.45, 7) is 10.4. The second-order valence-electron chi connectivity index (χ2n) is 7.68. The fourth-order valence-corrected chi connectivity index (χ4v) is 4.72. The highest BCUT2D eigenvalue weighted by molar-refractivity contribution is 6.01. The Hall–Kier alpha value is -1.36. The predicted octanol–water partition coefficient (Wildman–Crippen LogP) is 2.63. The second kappa shape index (κ2) is 4.82. The molecule has 2 bridgehead atoms. The molecule has 0 unspecified atom stereocenters. The topological polar surface area (TPSA) is 61.8 Å². The van der Waals surface area contributed by atoms with E-state index in [4.69, 9.17) is 14.2 Å². The van der Waals surface area contributed by atoms with Crippen LogP contribution in [0.25, 0.3) is 0 Å². The molecule has 1 saturated heterocycles. The van der Waals surface area contributed by atoms with Crippen LogP contribution in [0.5, 0.6) is 0 Å². The number of rotatable bonds is 4. The van der Waals surface area contributed by atoms with Gasteiger partial charge < -0.3 is 14.2 Å². The van der Waals surface area contributed by atoms with Gasteiger partial charge in [-0.25, -0.2) is 0 Å². The van der Waals surface area contributed by atoms with Crippen molar-refractivity contribution in [2.45, 2.75) is 58.7 Å². The van der Waals surface area contributed by atoms with Crippen molar-refractivity contribution >= 4 is 11.9 Å². The standard InChI is InChI=1S/C18H26O5/c1-6-21-13(19)17(14(20)22-7-2)10-12-15(3,4)16(5)8-9-18(12,11-17)23-16/h8-9,12H,6-7,10-11H2,1-5H3/t12-,16-,18-/m1/s1. The Morgan fingerprint density at radius 3 is 2.13 bits per heavy atom. The van der Waals surface area contributed by atoms with E-state index in [1.54, 1.807) is 13.8 Å². The van der Waals surface area contributed by atoms with Crippen molar-refractivity contribution in [3.63, 3.8) is 0 Å². The van der Waals surface area contributed by atoms with Crippen molar-refractivity contribution in [3.8, 4) is 0 Å². The summed E-state index contributed by atoms with van der Waals surface area (Å²) in [6.07, 6.45) is 4.84. The Morgan fingerprint density at radius 2 is 1.65 bits per heavy atom. The monoisotopic (exact) mass is 322 g/mol. The molecule has 5 heteroatoms. The fraction of sp³-hybridized carbons (Fsp3) is 0.778. The van der Waals surface area contributed by atoms with Crippen LogP contribution in [0.2, 0.25) is 0 Å². The summed E-state index contributed by atoms with van der Waals surface area (Å²) in [6, 6.07) is 0. The number of hydrogen-bond acceptors (Lipinski definition) is 5. The molecular weight excluding hydrogens is 296 g/mol. The number of hydrogen-bond donors (Lipinski definition) is 0. The van der Waals surface area contributed by atoms with Gasteiger partial charge in [0.1, 0.15) is 0 Å². The molecule has 3 atom stereocenters. The minimum atomic E-state index is -1.26. The van der Waals surface area contributed by atoms with Crippen LogP contribution in [-0.4, -0.2) is 36.4 Å². The SMILES string of the molecule is CCOC(=O)C1(C(=O)OCC)C[C@@H]2C(C)(C)[C@@]3(C)C=C[C@]2(C1)O3. The number of ether oxygens (including phenoxy) is 3. The molecule has 0 aromatic rings. The Balaban J connectivity index is 2.02. The summed E-state index contributed by atoms with van der Waals surface area (Å²) in [5, 5.41) is 0. The first kappa shape index (κ1) is 16.5. The van der Waals surface area contributed by atoms with E-state index in [9.17, 15) is 9.59 Å². The van der Waals surface area contributed by atoms with E-state index in [2.05, 4.69) is 26.8 Å². The molecule has 1 saturated carbocycles. The highest BCUT2D eigenvalue weighted by Crippen LogP contribution is 2.69. The lowest BCUT2D eigenvalue weighted by Crippen LogP contribution is -2.44. The lowest BCUT2D eigenvalue weighted by Gasteiger charge is -2.39. The second-order valence-corrected chi connectivity index (χ2v) is 7.68. The van der Waals surface area contributed by atoms with E-state index in [0.29, 0.717) is 12.8 Å². The maximum absolute atomic E-state index is 12.7. The Morgan fingerprint density at radius 1 is 1.09 bits per heavy atom. The van der Waals surface area contributed by atoms with Crippen LogP contribution >= 0.6 is 0 Å². The molecule has 0 N–H and O–H groups in total. The molecule has 23 heavy (non-hydrogen) atoms. The molecule has 2 fully saturated rings. The minimum absolute atomic E-state index is 0.0822. The molecule has 0 amide bonds. The van der Waals surface area contributed by atoms with Crippen LogP contribution in [0.4, 0.5) is 0 Å². The van der Waals surface area contributed by atoms with E-state index < -0.39 is 23.0 Å². The third-order valence-electron chi connectivity index (χ3n) is 6.29. The molecule has 0 aromatic carbocycles. The van der Waals surface area contributed by atoms with Crippen LogP contribution < -0.4 is 0 Å². The molecule has 0 radical (unpaired) electrons. The van der Waals surface area contributed by atoms with Crippen LogP contribution in [0.3, 0.4) is 0 Å². The number of carbonyl (C=O) groups excluding carboxylic acids is 2. The number of fused-ring (bicyclic) bond motifs is 1. The van der Waals surface area contributed by atoms with E-state index >= 15 is 0 Å². The Kier molecular flexibility index (Phi) is 3.46. The lowest BCUT2D eigenvalue weighted by molar-refractivity contribution is -0.174. The van der Waals surface area contributed by atoms with Gasteiger partial charge in [-0.1, -0.05) is 26.0 Å². The largest absolute Gasteiger partial charge is 0.465 e. The van der Waals surface area contributed by atoms with Crippen molar-refractivity contribution in [1.82, 2.24) is 0 Å². The van der Waals surface area contributed by atoms with E-state index in [-0.39, 0.29) is 30.1 Å². The zero-order valence-corrected chi connectivity index (χ0v) is 14.6. The quantitative estimate of drug-likeness (QED) is 0.452. The van der Waals surface area contributed by atoms with Gasteiger partial charge in [0.05, 0.1) is 24.4 Å². The highest BCUT2D eigenvalue weighted by Gasteiger charge is 2.75. The van der Waals surface area contributed by atoms with Gasteiger partial charge in [0.2, 0.25) is 0 Å². The summed E-state index contributed by atoms with van der Waals surface area (Å²) in [4.78, 5) is 25.3. The van der Waals surface area contributed by atoms with Crippen LogP contribution in [0, 0.1) is 16.7 Å². The molecule has 1 aliphatic carbocycles. The van der Waals surface area contributed by atoms with Crippen LogP contribution in [0.1, 0.15) is 47.5 Å². The zero-order valence-electron chi connectivity index (χ0n) is 14.6. The average Bonchev–Trinajstić information content (AvgIpc) is 3.04. The van der Waals surface area contributed by atoms with Gasteiger partial charge in [-0.3, -0.25) is 9.59 Å². The average molecular weight is 322 g/mol. The molecule has 2 heterocycles. The van der Waals surface area contributed by atoms with Crippen molar-refractivity contribution in [2.24, 2.45) is 16.7 Å². The molecular formula is C18H26O5. The van der Waals surface area contributed by atoms with E-state index in [0.717, 1.165) is 0 Å². The van der Waals surface area contributed by atoms with Gasteiger partial charge in [0.25, 0.3) is 0 Å². The van der Waals surface area contributed by atoms with Gasteiger partial charge in [-0.15, -0.1) is 0 Å². The molecule has 1 spiro atoms. The molecule has 3 aliphatic rings. The first-order valence-corrected chi connectivity index (χ1v) is 8.42. The summed E-state index contributed by atoms with van der Waals surface area (Å²) in [5.74, 6) is -0.883. The normalized spacial score (nSPS) is 38.4. The molecule has 0 aromatic heterocycles. The predicted molar refractivity (Wildman–Crippen MR) is 83.6 cm³/mol. The fourth-order valence-electron chi connectivity index (χ4n) is 4.72. The van der Waals surface area contributed by atoms with E-state index in [1.165, 1.54) is 0 Å². The molecule has 2 aliphatic heterocycles. The summed E-state index contributed by atoms with van der Waals surface area (Å²) < 4.78 is 16.8. The zero-order chi connectivity index (χ0) is 17.1. The summed E-state index contributed by atoms with van der Waals surface area (Å²) in [7, 11) is 0. The van der Waals surface area contributed by atoms with Crippen molar-refractivity contribution < 1.29 is 23.8 Å². The van der Waals surface area contributed by atoms with Gasteiger partial charge in [0, 0.05) is 17.8 Å². The van der Waals surface area contributed by atoms with Gasteiger partial charge >= 0.3 is 11.9 Å². The number of esters is 2. The Bertz CT molecular complexity index is 560. The maximum Gasteiger partial charge on any atom is 0.323 e. The lowest BCUT2D eigenvalue weighted by atomic mass is 9.62. The number of carbonyl (C=O) groups is 2. The van der Waals surface area contributed by atoms with Gasteiger partial charge in [-0.2, -0.15) is 0 Å². The van der Waals surface area contributed by atoms with Gasteiger partial charge in [-0.05, 0) is 27.2 Å². The summed E-state index contributed by atoms with van der Waals surface area (Å²) in [5.41, 5.74) is -2.35. The molecule has 3 rings (SSSR count). The Labute approximate surface area is 137 Å². The van der Waals surface area contributed by atoms with Crippen molar-refractivity contribution in [2.75, 3.05) is 13.2 Å². The first-order valence-electron chi connectivity index (χ1n) is 8.42. The third-order valence-corrected chi connectivity index (χ3v) is 6.29. The van der Waals surface area contributed by atoms with Crippen molar-refractivity contribution in [3.05, 3.63) is 12.2 Å². The molecule has 128 valence electrons. The van der Waals surface area contributed by atoms with E-state index in [1.807, 2.05) is 6.08 Å². The van der Waals surface area contributed by atoms with Crippen LogP contribution in [-0.2, 0) is 23.8 Å². The smallest absolute Gasteiger partial charge is 0.323 e.